The van der Waals surface area contributed by atoms with Crippen molar-refractivity contribution < 1.29 is 23.9 Å². The molecule has 24 heavy (non-hydrogen) atoms. The van der Waals surface area contributed by atoms with Crippen LogP contribution in [-0.4, -0.2) is 42.3 Å². The lowest BCUT2D eigenvalue weighted by molar-refractivity contribution is -0.146. The molecular weight excluding hydrogens is 330 g/mol. The van der Waals surface area contributed by atoms with E-state index in [2.05, 4.69) is 0 Å². The highest BCUT2D eigenvalue weighted by Gasteiger charge is 2.36. The van der Waals surface area contributed by atoms with Crippen LogP contribution in [0.1, 0.15) is 12.5 Å². The number of allylic oxidation sites excluding steroid dienone is 2. The first-order chi connectivity index (χ1) is 11.5. The number of esters is 1. The van der Waals surface area contributed by atoms with Crippen LogP contribution in [0.4, 0.5) is 4.79 Å². The molecule has 1 heterocycles. The van der Waals surface area contributed by atoms with Crippen LogP contribution in [0.5, 0.6) is 5.75 Å². The lowest BCUT2D eigenvalue weighted by Crippen LogP contribution is -2.34. The molecule has 126 valence electrons. The average Bonchev–Trinajstić information content (AvgIpc) is 2.83. The van der Waals surface area contributed by atoms with E-state index >= 15 is 0 Å². The van der Waals surface area contributed by atoms with E-state index < -0.39 is 17.1 Å². The Labute approximate surface area is 144 Å². The van der Waals surface area contributed by atoms with Crippen LogP contribution in [0.3, 0.4) is 0 Å². The molecule has 0 spiro atoms. The van der Waals surface area contributed by atoms with E-state index in [4.69, 9.17) is 9.47 Å². The molecule has 1 aliphatic heterocycles. The van der Waals surface area contributed by atoms with Crippen molar-refractivity contribution in [1.82, 2.24) is 4.90 Å². The summed E-state index contributed by atoms with van der Waals surface area (Å²) in [7, 11) is 1.59. The number of hydrogen-bond acceptors (Lipinski definition) is 6. The summed E-state index contributed by atoms with van der Waals surface area (Å²) in [6.45, 7) is 1.50. The minimum absolute atomic E-state index is 0.204. The standard InChI is InChI=1S/C17H17NO5S/c1-3-23-15(19)11-18-16(20)14(24-17(18)21)6-4-5-12-7-9-13(22-2)10-8-12/h4-10H,3,11H2,1-2H3/b5-4+,14-6-. The minimum atomic E-state index is -0.602. The molecule has 1 aromatic rings. The van der Waals surface area contributed by atoms with Crippen molar-refractivity contribution in [1.29, 1.82) is 0 Å². The van der Waals surface area contributed by atoms with Gasteiger partial charge in [0.05, 0.1) is 18.6 Å². The van der Waals surface area contributed by atoms with E-state index in [9.17, 15) is 14.4 Å². The Kier molecular flexibility index (Phi) is 6.20. The lowest BCUT2D eigenvalue weighted by atomic mass is 10.2. The molecule has 0 saturated carbocycles. The van der Waals surface area contributed by atoms with Crippen LogP contribution < -0.4 is 4.74 Å². The van der Waals surface area contributed by atoms with Gasteiger partial charge in [0.15, 0.2) is 0 Å². The first-order valence-electron chi connectivity index (χ1n) is 7.27. The zero-order chi connectivity index (χ0) is 17.5. The predicted octanol–water partition coefficient (Wildman–Crippen LogP) is 2.85. The topological polar surface area (TPSA) is 72.9 Å². The Morgan fingerprint density at radius 3 is 2.58 bits per heavy atom. The smallest absolute Gasteiger partial charge is 0.326 e. The van der Waals surface area contributed by atoms with E-state index in [1.54, 1.807) is 32.3 Å². The maximum atomic E-state index is 12.1. The van der Waals surface area contributed by atoms with Gasteiger partial charge in [0.25, 0.3) is 11.1 Å². The number of rotatable bonds is 6. The number of imide groups is 1. The van der Waals surface area contributed by atoms with Crippen molar-refractivity contribution in [3.8, 4) is 5.75 Å². The summed E-state index contributed by atoms with van der Waals surface area (Å²) in [5.41, 5.74) is 0.929. The molecule has 1 saturated heterocycles. The van der Waals surface area contributed by atoms with Crippen molar-refractivity contribution in [3.05, 3.63) is 46.9 Å². The van der Waals surface area contributed by atoms with Gasteiger partial charge < -0.3 is 9.47 Å². The van der Waals surface area contributed by atoms with Crippen LogP contribution in [0, 0.1) is 0 Å². The molecule has 0 atom stereocenters. The average molecular weight is 347 g/mol. The molecule has 0 bridgehead atoms. The van der Waals surface area contributed by atoms with Gasteiger partial charge in [0.1, 0.15) is 12.3 Å². The molecule has 0 N–H and O–H groups in total. The number of hydrogen-bond donors (Lipinski definition) is 0. The molecule has 1 aromatic carbocycles. The summed E-state index contributed by atoms with van der Waals surface area (Å²) in [6.07, 6.45) is 5.04. The van der Waals surface area contributed by atoms with Crippen molar-refractivity contribution in [2.45, 2.75) is 6.92 Å². The molecule has 2 rings (SSSR count). The van der Waals surface area contributed by atoms with E-state index in [0.29, 0.717) is 0 Å². The van der Waals surface area contributed by atoms with E-state index in [1.807, 2.05) is 24.3 Å². The minimum Gasteiger partial charge on any atom is -0.497 e. The maximum Gasteiger partial charge on any atom is 0.326 e. The van der Waals surface area contributed by atoms with Crippen molar-refractivity contribution >= 4 is 35.0 Å². The van der Waals surface area contributed by atoms with Gasteiger partial charge in [-0.3, -0.25) is 19.3 Å². The molecule has 0 radical (unpaired) electrons. The summed E-state index contributed by atoms with van der Waals surface area (Å²) in [6, 6.07) is 7.39. The van der Waals surface area contributed by atoms with Gasteiger partial charge >= 0.3 is 5.97 Å². The van der Waals surface area contributed by atoms with Crippen LogP contribution in [0.2, 0.25) is 0 Å². The number of carbonyl (C=O) groups is 3. The fourth-order valence-corrected chi connectivity index (χ4v) is 2.74. The molecule has 0 aliphatic carbocycles. The molecular formula is C17H17NO5S. The Morgan fingerprint density at radius 1 is 1.25 bits per heavy atom. The number of amides is 2. The molecule has 0 unspecified atom stereocenters. The lowest BCUT2D eigenvalue weighted by Gasteiger charge is -2.10. The van der Waals surface area contributed by atoms with Crippen molar-refractivity contribution in [2.75, 3.05) is 20.3 Å². The first kappa shape index (κ1) is 17.8. The number of nitrogens with zero attached hydrogens (tertiary/aromatic N) is 1. The van der Waals surface area contributed by atoms with Gasteiger partial charge in [0.2, 0.25) is 0 Å². The number of benzene rings is 1. The normalized spacial score (nSPS) is 16.2. The largest absolute Gasteiger partial charge is 0.497 e. The fourth-order valence-electron chi connectivity index (χ4n) is 1.95. The second-order valence-electron chi connectivity index (χ2n) is 4.73. The van der Waals surface area contributed by atoms with Crippen LogP contribution in [0.25, 0.3) is 6.08 Å². The summed E-state index contributed by atoms with van der Waals surface area (Å²) >= 11 is 0.803. The summed E-state index contributed by atoms with van der Waals surface area (Å²) in [5.74, 6) is -0.334. The van der Waals surface area contributed by atoms with Crippen LogP contribution in [-0.2, 0) is 14.3 Å². The van der Waals surface area contributed by atoms with Gasteiger partial charge in [-0.15, -0.1) is 0 Å². The maximum absolute atomic E-state index is 12.1. The Hall–Kier alpha value is -2.54. The summed E-state index contributed by atoms with van der Waals surface area (Å²) in [4.78, 5) is 36.5. The van der Waals surface area contributed by atoms with Gasteiger partial charge in [-0.05, 0) is 42.5 Å². The highest BCUT2D eigenvalue weighted by molar-refractivity contribution is 8.18. The Balaban J connectivity index is 2.02. The van der Waals surface area contributed by atoms with Gasteiger partial charge in [-0.2, -0.15) is 0 Å². The van der Waals surface area contributed by atoms with Crippen LogP contribution in [0.15, 0.2) is 41.3 Å². The van der Waals surface area contributed by atoms with Crippen LogP contribution >= 0.6 is 11.8 Å². The van der Waals surface area contributed by atoms with Gasteiger partial charge in [0, 0.05) is 0 Å². The fraction of sp³-hybridized carbons (Fsp3) is 0.235. The highest BCUT2D eigenvalue weighted by atomic mass is 32.2. The first-order valence-corrected chi connectivity index (χ1v) is 8.08. The SMILES string of the molecule is CCOC(=O)CN1C(=O)S/C(=C\C=C\c2ccc(OC)cc2)C1=O. The third-order valence-corrected chi connectivity index (χ3v) is 4.04. The molecule has 6 nitrogen and oxygen atoms in total. The Morgan fingerprint density at radius 2 is 1.96 bits per heavy atom. The van der Waals surface area contributed by atoms with E-state index in [1.165, 1.54) is 0 Å². The Bertz CT molecular complexity index is 693. The van der Waals surface area contributed by atoms with E-state index in [-0.39, 0.29) is 18.1 Å². The molecule has 0 aromatic heterocycles. The van der Waals surface area contributed by atoms with E-state index in [0.717, 1.165) is 28.0 Å². The third kappa shape index (κ3) is 4.48. The quantitative estimate of drug-likeness (QED) is 0.582. The zero-order valence-electron chi connectivity index (χ0n) is 13.4. The second kappa shape index (κ2) is 8.35. The summed E-state index contributed by atoms with van der Waals surface area (Å²) < 4.78 is 9.83. The number of thioether (sulfide) groups is 1. The van der Waals surface area contributed by atoms with Gasteiger partial charge in [-0.25, -0.2) is 0 Å². The highest BCUT2D eigenvalue weighted by Crippen LogP contribution is 2.30. The molecule has 7 heteroatoms. The van der Waals surface area contributed by atoms with Crippen molar-refractivity contribution in [3.63, 3.8) is 0 Å². The molecule has 1 aliphatic rings. The number of ether oxygens (including phenoxy) is 2. The number of carbonyl (C=O) groups excluding carboxylic acids is 3. The zero-order valence-corrected chi connectivity index (χ0v) is 14.2. The monoisotopic (exact) mass is 347 g/mol. The molecule has 1 fully saturated rings. The van der Waals surface area contributed by atoms with Crippen molar-refractivity contribution in [2.24, 2.45) is 0 Å². The summed E-state index contributed by atoms with van der Waals surface area (Å²) in [5, 5.41) is -0.475. The second-order valence-corrected chi connectivity index (χ2v) is 5.72. The van der Waals surface area contributed by atoms with Gasteiger partial charge in [-0.1, -0.05) is 24.3 Å². The number of methoxy groups -OCH3 is 1. The third-order valence-electron chi connectivity index (χ3n) is 3.12. The molecule has 2 amide bonds. The predicted molar refractivity (Wildman–Crippen MR) is 91.4 cm³/mol.